The van der Waals surface area contributed by atoms with Crippen molar-refractivity contribution in [3.05, 3.63) is 0 Å². The minimum Gasteiger partial charge on any atom is -0.339 e. The van der Waals surface area contributed by atoms with Crippen LogP contribution in [0.4, 0.5) is 0 Å². The molecular formula is C11H22N2O. The van der Waals surface area contributed by atoms with E-state index in [0.29, 0.717) is 6.04 Å². The van der Waals surface area contributed by atoms with E-state index in [-0.39, 0.29) is 17.4 Å². The Morgan fingerprint density at radius 1 is 1.50 bits per heavy atom. The van der Waals surface area contributed by atoms with E-state index in [1.54, 1.807) is 0 Å². The van der Waals surface area contributed by atoms with Gasteiger partial charge in [0.1, 0.15) is 0 Å². The first kappa shape index (κ1) is 11.5. The Morgan fingerprint density at radius 2 is 2.07 bits per heavy atom. The molecule has 0 aromatic heterocycles. The van der Waals surface area contributed by atoms with Crippen LogP contribution in [0.25, 0.3) is 0 Å². The van der Waals surface area contributed by atoms with Crippen LogP contribution >= 0.6 is 0 Å². The first-order valence-corrected chi connectivity index (χ1v) is 5.40. The summed E-state index contributed by atoms with van der Waals surface area (Å²) in [4.78, 5) is 13.9. The summed E-state index contributed by atoms with van der Waals surface area (Å²) < 4.78 is 0. The van der Waals surface area contributed by atoms with E-state index in [0.717, 1.165) is 19.4 Å². The summed E-state index contributed by atoms with van der Waals surface area (Å²) in [5.41, 5.74) is 5.81. The van der Waals surface area contributed by atoms with Gasteiger partial charge in [-0.05, 0) is 25.2 Å². The quantitative estimate of drug-likeness (QED) is 0.691. The van der Waals surface area contributed by atoms with Crippen LogP contribution in [0.3, 0.4) is 0 Å². The zero-order valence-corrected chi connectivity index (χ0v) is 9.71. The minimum atomic E-state index is -0.372. The van der Waals surface area contributed by atoms with E-state index in [9.17, 15) is 4.79 Å². The van der Waals surface area contributed by atoms with Crippen LogP contribution in [0.15, 0.2) is 0 Å². The van der Waals surface area contributed by atoms with Gasteiger partial charge in [-0.3, -0.25) is 4.79 Å². The van der Waals surface area contributed by atoms with Gasteiger partial charge in [0.25, 0.3) is 0 Å². The number of amides is 1. The third-order valence-electron chi connectivity index (χ3n) is 3.04. The molecule has 0 spiro atoms. The second-order valence-corrected chi connectivity index (χ2v) is 5.37. The highest BCUT2D eigenvalue weighted by molar-refractivity contribution is 5.83. The standard InChI is InChI=1S/C11H22N2O/c1-8-6-5-7-13(8)10(14)9(12)11(2,3)4/h8-9H,5-7,12H2,1-4H3/t8?,9-/m0/s1. The van der Waals surface area contributed by atoms with Crippen LogP contribution in [-0.4, -0.2) is 29.4 Å². The van der Waals surface area contributed by atoms with Gasteiger partial charge in [0.2, 0.25) is 5.91 Å². The number of nitrogens with zero attached hydrogens (tertiary/aromatic N) is 1. The van der Waals surface area contributed by atoms with Crippen molar-refractivity contribution in [2.24, 2.45) is 11.1 Å². The summed E-state index contributed by atoms with van der Waals surface area (Å²) >= 11 is 0. The minimum absolute atomic E-state index is 0.113. The van der Waals surface area contributed by atoms with Crippen molar-refractivity contribution in [1.29, 1.82) is 0 Å². The lowest BCUT2D eigenvalue weighted by Crippen LogP contribution is -2.51. The number of hydrogen-bond acceptors (Lipinski definition) is 2. The first-order chi connectivity index (χ1) is 6.34. The molecule has 14 heavy (non-hydrogen) atoms. The maximum absolute atomic E-state index is 12.0. The zero-order valence-electron chi connectivity index (χ0n) is 9.71. The van der Waals surface area contributed by atoms with Crippen LogP contribution in [0.2, 0.25) is 0 Å². The van der Waals surface area contributed by atoms with E-state index >= 15 is 0 Å². The molecular weight excluding hydrogens is 176 g/mol. The highest BCUT2D eigenvalue weighted by Gasteiger charge is 2.34. The zero-order chi connectivity index (χ0) is 10.9. The van der Waals surface area contributed by atoms with Crippen LogP contribution in [-0.2, 0) is 4.79 Å². The van der Waals surface area contributed by atoms with Crippen LogP contribution in [0, 0.1) is 5.41 Å². The number of nitrogens with two attached hydrogens (primary N) is 1. The maximum atomic E-state index is 12.0. The lowest BCUT2D eigenvalue weighted by Gasteiger charge is -2.31. The Morgan fingerprint density at radius 3 is 2.43 bits per heavy atom. The number of likely N-dealkylation sites (tertiary alicyclic amines) is 1. The molecule has 1 fully saturated rings. The summed E-state index contributed by atoms with van der Waals surface area (Å²) in [5, 5.41) is 0. The van der Waals surface area contributed by atoms with E-state index in [1.807, 2.05) is 25.7 Å². The van der Waals surface area contributed by atoms with Crippen molar-refractivity contribution < 1.29 is 4.79 Å². The molecule has 2 N–H and O–H groups in total. The van der Waals surface area contributed by atoms with Crippen LogP contribution < -0.4 is 5.73 Å². The van der Waals surface area contributed by atoms with Gasteiger partial charge in [-0.25, -0.2) is 0 Å². The van der Waals surface area contributed by atoms with Gasteiger partial charge in [0.05, 0.1) is 6.04 Å². The Bertz CT molecular complexity index is 216. The van der Waals surface area contributed by atoms with E-state index in [2.05, 4.69) is 6.92 Å². The van der Waals surface area contributed by atoms with Crippen molar-refractivity contribution in [3.8, 4) is 0 Å². The molecule has 82 valence electrons. The SMILES string of the molecule is CC1CCCN1C(=O)[C@H](N)C(C)(C)C. The molecule has 1 heterocycles. The average Bonchev–Trinajstić information content (AvgIpc) is 2.47. The van der Waals surface area contributed by atoms with Crippen molar-refractivity contribution in [2.75, 3.05) is 6.54 Å². The average molecular weight is 198 g/mol. The van der Waals surface area contributed by atoms with Gasteiger partial charge in [-0.1, -0.05) is 20.8 Å². The van der Waals surface area contributed by atoms with E-state index in [4.69, 9.17) is 5.73 Å². The fourth-order valence-electron chi connectivity index (χ4n) is 1.81. The molecule has 3 heteroatoms. The van der Waals surface area contributed by atoms with E-state index in [1.165, 1.54) is 0 Å². The van der Waals surface area contributed by atoms with Gasteiger partial charge in [-0.15, -0.1) is 0 Å². The topological polar surface area (TPSA) is 46.3 Å². The van der Waals surface area contributed by atoms with Crippen molar-refractivity contribution in [3.63, 3.8) is 0 Å². The second-order valence-electron chi connectivity index (χ2n) is 5.37. The number of carbonyl (C=O) groups excluding carboxylic acids is 1. The fourth-order valence-corrected chi connectivity index (χ4v) is 1.81. The predicted octanol–water partition coefficient (Wildman–Crippen LogP) is 1.37. The third kappa shape index (κ3) is 2.27. The predicted molar refractivity (Wildman–Crippen MR) is 57.8 cm³/mol. The molecule has 3 nitrogen and oxygen atoms in total. The van der Waals surface area contributed by atoms with Crippen LogP contribution in [0.1, 0.15) is 40.5 Å². The van der Waals surface area contributed by atoms with Gasteiger partial charge >= 0.3 is 0 Å². The lowest BCUT2D eigenvalue weighted by atomic mass is 9.86. The summed E-state index contributed by atoms with van der Waals surface area (Å²) in [5.74, 6) is 0.113. The largest absolute Gasteiger partial charge is 0.339 e. The monoisotopic (exact) mass is 198 g/mol. The molecule has 1 saturated heterocycles. The van der Waals surface area contributed by atoms with Crippen molar-refractivity contribution >= 4 is 5.91 Å². The Labute approximate surface area is 86.6 Å². The Kier molecular flexibility index (Phi) is 3.20. The second kappa shape index (κ2) is 3.89. The molecule has 1 rings (SSSR count). The molecule has 0 aliphatic carbocycles. The molecule has 1 aliphatic rings. The van der Waals surface area contributed by atoms with Crippen molar-refractivity contribution in [1.82, 2.24) is 4.90 Å². The molecule has 0 radical (unpaired) electrons. The Balaban J connectivity index is 2.65. The third-order valence-corrected chi connectivity index (χ3v) is 3.04. The summed E-state index contributed by atoms with van der Waals surface area (Å²) in [6.45, 7) is 9.01. The summed E-state index contributed by atoms with van der Waals surface area (Å²) in [6.07, 6.45) is 2.23. The molecule has 1 aliphatic heterocycles. The Hall–Kier alpha value is -0.570. The maximum Gasteiger partial charge on any atom is 0.240 e. The van der Waals surface area contributed by atoms with Crippen LogP contribution in [0.5, 0.6) is 0 Å². The molecule has 0 bridgehead atoms. The molecule has 0 saturated carbocycles. The van der Waals surface area contributed by atoms with Gasteiger partial charge in [0.15, 0.2) is 0 Å². The first-order valence-electron chi connectivity index (χ1n) is 5.40. The van der Waals surface area contributed by atoms with E-state index < -0.39 is 0 Å². The molecule has 0 aromatic carbocycles. The number of carbonyl (C=O) groups is 1. The number of rotatable bonds is 1. The van der Waals surface area contributed by atoms with Gasteiger partial charge in [-0.2, -0.15) is 0 Å². The smallest absolute Gasteiger partial charge is 0.240 e. The molecule has 0 aromatic rings. The lowest BCUT2D eigenvalue weighted by molar-refractivity contribution is -0.135. The summed E-state index contributed by atoms with van der Waals surface area (Å²) in [7, 11) is 0. The highest BCUT2D eigenvalue weighted by atomic mass is 16.2. The van der Waals surface area contributed by atoms with Gasteiger partial charge in [0, 0.05) is 12.6 Å². The molecule has 1 unspecified atom stereocenters. The number of hydrogen-bond donors (Lipinski definition) is 1. The molecule has 2 atom stereocenters. The highest BCUT2D eigenvalue weighted by Crippen LogP contribution is 2.23. The van der Waals surface area contributed by atoms with Gasteiger partial charge < -0.3 is 10.6 Å². The van der Waals surface area contributed by atoms with Crippen molar-refractivity contribution in [2.45, 2.75) is 52.6 Å². The normalized spacial score (nSPS) is 25.2. The molecule has 1 amide bonds. The summed E-state index contributed by atoms with van der Waals surface area (Å²) in [6, 6.07) is -0.000972. The fraction of sp³-hybridized carbons (Fsp3) is 0.909.